The van der Waals surface area contributed by atoms with Gasteiger partial charge in [0, 0.05) is 16.0 Å². The van der Waals surface area contributed by atoms with Crippen LogP contribution in [0.4, 0.5) is 0 Å². The lowest BCUT2D eigenvalue weighted by Crippen LogP contribution is -2.39. The van der Waals surface area contributed by atoms with Gasteiger partial charge in [-0.2, -0.15) is 9.41 Å². The molecule has 0 heterocycles. The van der Waals surface area contributed by atoms with Crippen LogP contribution in [-0.2, 0) is 21.4 Å². The lowest BCUT2D eigenvalue weighted by atomic mass is 10.2. The average molecular weight is 555 g/mol. The maximum absolute atomic E-state index is 13.3. The van der Waals surface area contributed by atoms with Crippen LogP contribution < -0.4 is 5.43 Å². The number of hydrogen-bond acceptors (Lipinski definition) is 4. The quantitative estimate of drug-likeness (QED) is 0.311. The van der Waals surface area contributed by atoms with E-state index in [1.54, 1.807) is 24.3 Å². The Balaban J connectivity index is 1.82. The minimum atomic E-state index is -4.13. The standard InChI is InChI=1S/C22H18BrCl2N3O3S/c23-18-8-4-7-17(11-18)13-26-27-22(29)15-28(14-16-5-2-1-3-6-16)32(30,31)21-12-19(24)9-10-20(21)25/h1-13H,14-15H2,(H,27,29)/b26-13-. The number of halogens is 3. The first-order chi connectivity index (χ1) is 15.3. The van der Waals surface area contributed by atoms with E-state index in [0.717, 1.165) is 14.3 Å². The summed E-state index contributed by atoms with van der Waals surface area (Å²) in [6, 6.07) is 20.4. The molecule has 1 N–H and O–H groups in total. The van der Waals surface area contributed by atoms with Crippen LogP contribution in [0.2, 0.25) is 10.0 Å². The zero-order valence-corrected chi connectivity index (χ0v) is 20.5. The van der Waals surface area contributed by atoms with Crippen molar-refractivity contribution in [3.8, 4) is 0 Å². The van der Waals surface area contributed by atoms with Crippen molar-refractivity contribution < 1.29 is 13.2 Å². The van der Waals surface area contributed by atoms with Crippen LogP contribution >= 0.6 is 39.1 Å². The first kappa shape index (κ1) is 24.4. The smallest absolute Gasteiger partial charge is 0.255 e. The second kappa shape index (κ2) is 11.1. The molecule has 0 radical (unpaired) electrons. The minimum Gasteiger partial charge on any atom is -0.272 e. The predicted molar refractivity (Wildman–Crippen MR) is 130 cm³/mol. The van der Waals surface area contributed by atoms with Gasteiger partial charge in [-0.3, -0.25) is 4.79 Å². The molecule has 166 valence electrons. The first-order valence-corrected chi connectivity index (χ1v) is 12.3. The summed E-state index contributed by atoms with van der Waals surface area (Å²) in [5, 5.41) is 4.15. The van der Waals surface area contributed by atoms with Crippen LogP contribution in [0.3, 0.4) is 0 Å². The molecule has 0 fully saturated rings. The number of rotatable bonds is 8. The van der Waals surface area contributed by atoms with Gasteiger partial charge < -0.3 is 0 Å². The highest BCUT2D eigenvalue weighted by Gasteiger charge is 2.29. The molecular formula is C22H18BrCl2N3O3S. The van der Waals surface area contributed by atoms with Crippen molar-refractivity contribution >= 4 is 61.3 Å². The second-order valence-electron chi connectivity index (χ2n) is 6.68. The van der Waals surface area contributed by atoms with Gasteiger partial charge in [0.25, 0.3) is 5.91 Å². The van der Waals surface area contributed by atoms with Crippen LogP contribution in [0, 0.1) is 0 Å². The molecule has 0 aliphatic heterocycles. The number of benzene rings is 3. The topological polar surface area (TPSA) is 78.8 Å². The highest BCUT2D eigenvalue weighted by molar-refractivity contribution is 9.10. The van der Waals surface area contributed by atoms with Crippen molar-refractivity contribution in [1.29, 1.82) is 0 Å². The van der Waals surface area contributed by atoms with Gasteiger partial charge in [-0.05, 0) is 41.5 Å². The molecule has 6 nitrogen and oxygen atoms in total. The van der Waals surface area contributed by atoms with Crippen molar-refractivity contribution in [3.05, 3.63) is 98.4 Å². The summed E-state index contributed by atoms with van der Waals surface area (Å²) in [6.07, 6.45) is 1.46. The van der Waals surface area contributed by atoms with E-state index in [9.17, 15) is 13.2 Å². The molecule has 32 heavy (non-hydrogen) atoms. The third kappa shape index (κ3) is 6.63. The molecule has 1 amide bonds. The monoisotopic (exact) mass is 553 g/mol. The summed E-state index contributed by atoms with van der Waals surface area (Å²) in [4.78, 5) is 12.4. The zero-order valence-electron chi connectivity index (χ0n) is 16.6. The second-order valence-corrected chi connectivity index (χ2v) is 10.3. The Labute approximate surface area is 205 Å². The normalized spacial score (nSPS) is 11.8. The number of carbonyl (C=O) groups is 1. The number of amides is 1. The van der Waals surface area contributed by atoms with E-state index in [2.05, 4.69) is 26.5 Å². The van der Waals surface area contributed by atoms with Crippen molar-refractivity contribution in [3.63, 3.8) is 0 Å². The molecule has 0 unspecified atom stereocenters. The van der Waals surface area contributed by atoms with Crippen molar-refractivity contribution in [2.75, 3.05) is 6.54 Å². The molecule has 0 atom stereocenters. The molecule has 0 saturated heterocycles. The van der Waals surface area contributed by atoms with Gasteiger partial charge in [-0.25, -0.2) is 13.8 Å². The molecular weight excluding hydrogens is 537 g/mol. The van der Waals surface area contributed by atoms with Gasteiger partial charge in [0.15, 0.2) is 0 Å². The molecule has 10 heteroatoms. The molecule has 0 aliphatic rings. The highest BCUT2D eigenvalue weighted by Crippen LogP contribution is 2.28. The Morgan fingerprint density at radius 2 is 1.78 bits per heavy atom. The molecule has 0 spiro atoms. The molecule has 3 aromatic rings. The number of carbonyl (C=O) groups excluding carboxylic acids is 1. The number of nitrogens with one attached hydrogen (secondary N) is 1. The number of nitrogens with zero attached hydrogens (tertiary/aromatic N) is 2. The molecule has 0 aromatic heterocycles. The summed E-state index contributed by atoms with van der Waals surface area (Å²) < 4.78 is 28.6. The van der Waals surface area contributed by atoms with Crippen LogP contribution in [0.1, 0.15) is 11.1 Å². The Morgan fingerprint density at radius 3 is 2.50 bits per heavy atom. The van der Waals surface area contributed by atoms with Crippen LogP contribution in [0.5, 0.6) is 0 Å². The van der Waals surface area contributed by atoms with Gasteiger partial charge in [0.05, 0.1) is 17.8 Å². The molecule has 3 rings (SSSR count). The number of sulfonamides is 1. The molecule has 0 aliphatic carbocycles. The lowest BCUT2D eigenvalue weighted by Gasteiger charge is -2.22. The SMILES string of the molecule is O=C(CN(Cc1ccccc1)S(=O)(=O)c1cc(Cl)ccc1Cl)N/N=C\c1cccc(Br)c1. The Hall–Kier alpha value is -2.23. The molecule has 3 aromatic carbocycles. The van der Waals surface area contributed by atoms with Crippen molar-refractivity contribution in [2.24, 2.45) is 5.10 Å². The van der Waals surface area contributed by atoms with Gasteiger partial charge in [0.1, 0.15) is 4.90 Å². The van der Waals surface area contributed by atoms with E-state index in [0.29, 0.717) is 5.56 Å². The number of hydrazone groups is 1. The molecule has 0 saturated carbocycles. The first-order valence-electron chi connectivity index (χ1n) is 9.32. The predicted octanol–water partition coefficient (Wildman–Crippen LogP) is 5.10. The largest absolute Gasteiger partial charge is 0.272 e. The Morgan fingerprint density at radius 1 is 1.03 bits per heavy atom. The lowest BCUT2D eigenvalue weighted by molar-refractivity contribution is -0.121. The van der Waals surface area contributed by atoms with Crippen LogP contribution in [-0.4, -0.2) is 31.4 Å². The van der Waals surface area contributed by atoms with E-state index in [-0.39, 0.29) is 21.5 Å². The van der Waals surface area contributed by atoms with E-state index >= 15 is 0 Å². The van der Waals surface area contributed by atoms with Gasteiger partial charge >= 0.3 is 0 Å². The maximum atomic E-state index is 13.3. The molecule has 0 bridgehead atoms. The van der Waals surface area contributed by atoms with Crippen molar-refractivity contribution in [2.45, 2.75) is 11.4 Å². The van der Waals surface area contributed by atoms with Crippen molar-refractivity contribution in [1.82, 2.24) is 9.73 Å². The van der Waals surface area contributed by atoms with Gasteiger partial charge in [-0.1, -0.05) is 81.6 Å². The summed E-state index contributed by atoms with van der Waals surface area (Å²) in [5.74, 6) is -0.603. The Kier molecular flexibility index (Phi) is 8.44. The summed E-state index contributed by atoms with van der Waals surface area (Å²) in [6.45, 7) is -0.495. The third-order valence-electron chi connectivity index (χ3n) is 4.28. The van der Waals surface area contributed by atoms with Crippen LogP contribution in [0.25, 0.3) is 0 Å². The maximum Gasteiger partial charge on any atom is 0.255 e. The number of hydrogen-bond donors (Lipinski definition) is 1. The minimum absolute atomic E-state index is 0.0144. The van der Waals surface area contributed by atoms with Gasteiger partial charge in [0.2, 0.25) is 10.0 Å². The fourth-order valence-electron chi connectivity index (χ4n) is 2.79. The van der Waals surface area contributed by atoms with Gasteiger partial charge in [-0.15, -0.1) is 0 Å². The van der Waals surface area contributed by atoms with E-state index in [1.165, 1.54) is 24.4 Å². The zero-order chi connectivity index (χ0) is 23.1. The average Bonchev–Trinajstić information content (AvgIpc) is 2.75. The Bertz CT molecular complexity index is 1240. The highest BCUT2D eigenvalue weighted by atomic mass is 79.9. The van der Waals surface area contributed by atoms with E-state index in [4.69, 9.17) is 23.2 Å². The fraction of sp³-hybridized carbons (Fsp3) is 0.0909. The fourth-order valence-corrected chi connectivity index (χ4v) is 5.33. The van der Waals surface area contributed by atoms with Crippen LogP contribution in [0.15, 0.2) is 87.3 Å². The summed E-state index contributed by atoms with van der Waals surface area (Å²) >= 11 is 15.5. The summed E-state index contributed by atoms with van der Waals surface area (Å²) in [5.41, 5.74) is 3.84. The van der Waals surface area contributed by atoms with E-state index in [1.807, 2.05) is 30.3 Å². The van der Waals surface area contributed by atoms with E-state index < -0.39 is 22.5 Å². The third-order valence-corrected chi connectivity index (χ3v) is 7.29. The summed E-state index contributed by atoms with van der Waals surface area (Å²) in [7, 11) is -4.13.